The average molecular weight is 507 g/mol. The van der Waals surface area contributed by atoms with Gasteiger partial charge in [-0.05, 0) is 44.7 Å². The molecule has 0 amide bonds. The van der Waals surface area contributed by atoms with Gasteiger partial charge in [0.1, 0.15) is 0 Å². The molecule has 0 atom stereocenters. The van der Waals surface area contributed by atoms with Gasteiger partial charge in [-0.15, -0.1) is 0 Å². The molecule has 0 aliphatic heterocycles. The van der Waals surface area contributed by atoms with Crippen LogP contribution in [-0.4, -0.2) is 65.5 Å². The molecule has 0 spiro atoms. The molecule has 0 bridgehead atoms. The zero-order valence-corrected chi connectivity index (χ0v) is 21.5. The van der Waals surface area contributed by atoms with Gasteiger partial charge in [0.2, 0.25) is 0 Å². The van der Waals surface area contributed by atoms with Crippen molar-refractivity contribution < 1.29 is 36.6 Å². The first-order valence-corrected chi connectivity index (χ1v) is 11.6. The third-order valence-electron chi connectivity index (χ3n) is 5.34. The summed E-state index contributed by atoms with van der Waals surface area (Å²) in [5.41, 5.74) is 0.300. The lowest BCUT2D eigenvalue weighted by atomic mass is 9.91. The van der Waals surface area contributed by atoms with Gasteiger partial charge in [-0.3, -0.25) is 19.5 Å². The van der Waals surface area contributed by atoms with E-state index in [-0.39, 0.29) is 30.3 Å². The van der Waals surface area contributed by atoms with Crippen molar-refractivity contribution in [3.63, 3.8) is 0 Å². The van der Waals surface area contributed by atoms with E-state index in [2.05, 4.69) is 14.5 Å². The Kier molecular flexibility index (Phi) is 11.1. The second-order valence-corrected chi connectivity index (χ2v) is 10.8. The minimum atomic E-state index is -4.68. The summed E-state index contributed by atoms with van der Waals surface area (Å²) in [6, 6.07) is 5.54. The van der Waals surface area contributed by atoms with Crippen LogP contribution < -0.4 is 0 Å². The highest BCUT2D eigenvalue weighted by molar-refractivity contribution is 5.70. The molecule has 35 heavy (non-hydrogen) atoms. The van der Waals surface area contributed by atoms with Crippen LogP contribution in [0.15, 0.2) is 24.4 Å². The maximum atomic E-state index is 14.0. The van der Waals surface area contributed by atoms with E-state index < -0.39 is 37.0 Å². The molecule has 0 radical (unpaired) electrons. The Balaban J connectivity index is 2.53. The van der Waals surface area contributed by atoms with E-state index in [4.69, 9.17) is 0 Å². The Labute approximate surface area is 205 Å². The summed E-state index contributed by atoms with van der Waals surface area (Å²) < 4.78 is 64.9. The molecule has 1 rings (SSSR count). The molecule has 0 N–H and O–H groups in total. The van der Waals surface area contributed by atoms with Crippen LogP contribution in [0.25, 0.3) is 0 Å². The lowest BCUT2D eigenvalue weighted by Crippen LogP contribution is -2.48. The van der Waals surface area contributed by atoms with Crippen LogP contribution in [0.1, 0.15) is 66.5 Å². The van der Waals surface area contributed by atoms with Crippen LogP contribution in [0.3, 0.4) is 0 Å². The van der Waals surface area contributed by atoms with Crippen molar-refractivity contribution in [2.24, 2.45) is 5.41 Å². The van der Waals surface area contributed by atoms with E-state index >= 15 is 0 Å². The highest BCUT2D eigenvalue weighted by atomic mass is 19.3. The van der Waals surface area contributed by atoms with Crippen molar-refractivity contribution in [3.05, 3.63) is 30.1 Å². The summed E-state index contributed by atoms with van der Waals surface area (Å²) in [5, 5.41) is 0. The van der Waals surface area contributed by atoms with E-state index in [0.717, 1.165) is 5.69 Å². The van der Waals surface area contributed by atoms with Crippen LogP contribution in [-0.2, 0) is 25.5 Å². The standard InChI is InChI=1S/C25H38F4N2O4/c1-22(2,3)13-10-20(32)34-17-24(26,27)25(28,29)18-35-21(33)12-16-31(23(4,5)6)15-11-19-9-7-8-14-30-19/h7-9,14H,10-13,15-18H2,1-6H3. The third-order valence-corrected chi connectivity index (χ3v) is 5.34. The zero-order valence-electron chi connectivity index (χ0n) is 21.5. The molecule has 6 nitrogen and oxygen atoms in total. The zero-order chi connectivity index (χ0) is 26.9. The van der Waals surface area contributed by atoms with E-state index in [1.54, 1.807) is 12.3 Å². The van der Waals surface area contributed by atoms with E-state index in [1.165, 1.54) is 0 Å². The molecular formula is C25H38F4N2O4. The Morgan fingerprint density at radius 3 is 1.86 bits per heavy atom. The number of rotatable bonds is 13. The molecule has 0 aliphatic rings. The SMILES string of the molecule is CC(C)(C)CCC(=O)OCC(F)(F)C(F)(F)COC(=O)CCN(CCc1ccccn1)C(C)(C)C. The maximum Gasteiger partial charge on any atom is 0.346 e. The predicted octanol–water partition coefficient (Wildman–Crippen LogP) is 5.30. The van der Waals surface area contributed by atoms with Crippen molar-refractivity contribution >= 4 is 11.9 Å². The highest BCUT2D eigenvalue weighted by Gasteiger charge is 2.58. The maximum absolute atomic E-state index is 14.0. The van der Waals surface area contributed by atoms with Gasteiger partial charge in [-0.25, -0.2) is 0 Å². The molecule has 1 heterocycles. The van der Waals surface area contributed by atoms with Gasteiger partial charge in [0, 0.05) is 43.4 Å². The van der Waals surface area contributed by atoms with Crippen LogP contribution >= 0.6 is 0 Å². The van der Waals surface area contributed by atoms with Gasteiger partial charge in [0.05, 0.1) is 6.42 Å². The summed E-state index contributed by atoms with van der Waals surface area (Å²) >= 11 is 0. The molecule has 0 fully saturated rings. The second-order valence-electron chi connectivity index (χ2n) is 10.8. The van der Waals surface area contributed by atoms with Gasteiger partial charge in [-0.2, -0.15) is 17.6 Å². The van der Waals surface area contributed by atoms with Crippen LogP contribution in [0.5, 0.6) is 0 Å². The molecule has 10 heteroatoms. The fourth-order valence-electron chi connectivity index (χ4n) is 2.98. The average Bonchev–Trinajstić information content (AvgIpc) is 2.74. The molecule has 200 valence electrons. The normalized spacial score (nSPS) is 13.1. The summed E-state index contributed by atoms with van der Waals surface area (Å²) in [4.78, 5) is 29.9. The quantitative estimate of drug-likeness (QED) is 0.267. The van der Waals surface area contributed by atoms with Gasteiger partial charge in [-0.1, -0.05) is 26.8 Å². The van der Waals surface area contributed by atoms with Gasteiger partial charge in [0.25, 0.3) is 0 Å². The predicted molar refractivity (Wildman–Crippen MR) is 124 cm³/mol. The summed E-state index contributed by atoms with van der Waals surface area (Å²) in [5.74, 6) is -11.4. The van der Waals surface area contributed by atoms with E-state index in [0.29, 0.717) is 19.4 Å². The number of pyridine rings is 1. The van der Waals surface area contributed by atoms with E-state index in [9.17, 15) is 27.2 Å². The van der Waals surface area contributed by atoms with Crippen molar-refractivity contribution in [3.8, 4) is 0 Å². The summed E-state index contributed by atoms with van der Waals surface area (Å²) in [6.45, 7) is 8.52. The first-order chi connectivity index (χ1) is 15.9. The third kappa shape index (κ3) is 11.8. The molecule has 0 unspecified atom stereocenters. The van der Waals surface area contributed by atoms with E-state index in [1.807, 2.05) is 58.6 Å². The molecule has 0 aromatic carbocycles. The van der Waals surface area contributed by atoms with Gasteiger partial charge >= 0.3 is 23.8 Å². The topological polar surface area (TPSA) is 68.7 Å². The number of nitrogens with zero attached hydrogens (tertiary/aromatic N) is 2. The number of hydrogen-bond acceptors (Lipinski definition) is 6. The summed E-state index contributed by atoms with van der Waals surface area (Å²) in [6.07, 6.45) is 2.25. The Morgan fingerprint density at radius 2 is 1.40 bits per heavy atom. The van der Waals surface area contributed by atoms with Crippen LogP contribution in [0.4, 0.5) is 17.6 Å². The monoisotopic (exact) mass is 506 g/mol. The number of carbonyl (C=O) groups excluding carboxylic acids is 2. The van der Waals surface area contributed by atoms with Gasteiger partial charge < -0.3 is 9.47 Å². The fourth-order valence-corrected chi connectivity index (χ4v) is 2.98. The second kappa shape index (κ2) is 12.6. The number of aromatic nitrogens is 1. The molecule has 0 saturated heterocycles. The summed E-state index contributed by atoms with van der Waals surface area (Å²) in [7, 11) is 0. The van der Waals surface area contributed by atoms with Crippen LogP contribution in [0, 0.1) is 5.41 Å². The lowest BCUT2D eigenvalue weighted by molar-refractivity contribution is -0.248. The van der Waals surface area contributed by atoms with Crippen LogP contribution in [0.2, 0.25) is 0 Å². The smallest absolute Gasteiger partial charge is 0.346 e. The number of esters is 2. The molecule has 0 aliphatic carbocycles. The highest BCUT2D eigenvalue weighted by Crippen LogP contribution is 2.35. The fraction of sp³-hybridized carbons (Fsp3) is 0.720. The van der Waals surface area contributed by atoms with Gasteiger partial charge in [0.15, 0.2) is 13.2 Å². The minimum Gasteiger partial charge on any atom is -0.459 e. The van der Waals surface area contributed by atoms with Crippen molar-refractivity contribution in [1.82, 2.24) is 9.88 Å². The largest absolute Gasteiger partial charge is 0.459 e. The Bertz CT molecular complexity index is 806. The lowest BCUT2D eigenvalue weighted by Gasteiger charge is -2.35. The first kappa shape index (κ1) is 30.8. The Hall–Kier alpha value is -2.23. The number of halogens is 4. The minimum absolute atomic E-state index is 0.162. The molecule has 0 saturated carbocycles. The number of hydrogen-bond donors (Lipinski definition) is 0. The number of ether oxygens (including phenoxy) is 2. The molecule has 1 aromatic heterocycles. The Morgan fingerprint density at radius 1 is 0.857 bits per heavy atom. The van der Waals surface area contributed by atoms with Crippen molar-refractivity contribution in [2.45, 2.75) is 84.6 Å². The van der Waals surface area contributed by atoms with Crippen molar-refractivity contribution in [1.29, 1.82) is 0 Å². The number of carbonyl (C=O) groups is 2. The molecule has 1 aromatic rings. The van der Waals surface area contributed by atoms with Crippen molar-refractivity contribution in [2.75, 3.05) is 26.3 Å². The molecular weight excluding hydrogens is 468 g/mol. The number of alkyl halides is 4. The first-order valence-electron chi connectivity index (χ1n) is 11.6.